The van der Waals surface area contributed by atoms with E-state index in [9.17, 15) is 8.60 Å². The fourth-order valence-corrected chi connectivity index (χ4v) is 4.96. The zero-order chi connectivity index (χ0) is 20.4. The molecule has 3 aromatic rings. The van der Waals surface area contributed by atoms with Gasteiger partial charge in [-0.05, 0) is 42.2 Å². The third-order valence-electron chi connectivity index (χ3n) is 4.96. The molecule has 2 aromatic carbocycles. The summed E-state index contributed by atoms with van der Waals surface area (Å²) in [5.74, 6) is -0.151. The summed E-state index contributed by atoms with van der Waals surface area (Å²) in [5.41, 5.74) is 13.7. The molecule has 1 aliphatic heterocycles. The second-order valence-electron chi connectivity index (χ2n) is 7.06. The lowest BCUT2D eigenvalue weighted by Gasteiger charge is -2.29. The molecule has 1 fully saturated rings. The number of piperidine rings is 1. The summed E-state index contributed by atoms with van der Waals surface area (Å²) < 4.78 is 30.0. The van der Waals surface area contributed by atoms with Crippen molar-refractivity contribution in [3.05, 3.63) is 60.7 Å². The Balaban J connectivity index is 1.68. The van der Waals surface area contributed by atoms with Crippen molar-refractivity contribution in [1.82, 2.24) is 14.3 Å². The van der Waals surface area contributed by atoms with Crippen LogP contribution in [0.4, 0.5) is 10.2 Å². The van der Waals surface area contributed by atoms with Crippen LogP contribution in [0.25, 0.3) is 22.4 Å². The molecule has 2 unspecified atom stereocenters. The minimum Gasteiger partial charge on any atom is -0.382 e. The SMILES string of the molecule is Nc1cnc(-c2ccc(-c3ccccc3S(=O)N3CCCC(N)C3)cc2F)cn1. The first-order valence-corrected chi connectivity index (χ1v) is 10.5. The number of benzene rings is 2. The van der Waals surface area contributed by atoms with Gasteiger partial charge in [-0.1, -0.05) is 24.3 Å². The van der Waals surface area contributed by atoms with Crippen LogP contribution in [0.15, 0.2) is 59.8 Å². The molecule has 1 saturated heterocycles. The van der Waals surface area contributed by atoms with E-state index >= 15 is 0 Å². The highest BCUT2D eigenvalue weighted by Gasteiger charge is 2.24. The van der Waals surface area contributed by atoms with Gasteiger partial charge in [0.15, 0.2) is 0 Å². The first kappa shape index (κ1) is 19.6. The van der Waals surface area contributed by atoms with E-state index in [2.05, 4.69) is 9.97 Å². The zero-order valence-corrected chi connectivity index (χ0v) is 16.6. The second kappa shape index (κ2) is 8.36. The first-order valence-electron chi connectivity index (χ1n) is 9.42. The molecule has 2 atom stereocenters. The van der Waals surface area contributed by atoms with E-state index in [1.54, 1.807) is 12.1 Å². The predicted octanol–water partition coefficient (Wildman–Crippen LogP) is 2.98. The van der Waals surface area contributed by atoms with E-state index < -0.39 is 16.8 Å². The first-order chi connectivity index (χ1) is 14.0. The maximum atomic E-state index is 14.9. The molecule has 29 heavy (non-hydrogen) atoms. The molecule has 4 rings (SSSR count). The van der Waals surface area contributed by atoms with Crippen LogP contribution in [0, 0.1) is 5.82 Å². The van der Waals surface area contributed by atoms with E-state index in [1.807, 2.05) is 28.6 Å². The Kier molecular flexibility index (Phi) is 5.66. The Morgan fingerprint density at radius 3 is 2.66 bits per heavy atom. The number of halogens is 1. The molecule has 0 bridgehead atoms. The Labute approximate surface area is 171 Å². The molecule has 0 spiro atoms. The van der Waals surface area contributed by atoms with Gasteiger partial charge >= 0.3 is 0 Å². The van der Waals surface area contributed by atoms with E-state index in [-0.39, 0.29) is 11.9 Å². The molecular weight excluding hydrogens is 389 g/mol. The quantitative estimate of drug-likeness (QED) is 0.688. The van der Waals surface area contributed by atoms with Gasteiger partial charge in [-0.25, -0.2) is 17.9 Å². The third kappa shape index (κ3) is 4.19. The second-order valence-corrected chi connectivity index (χ2v) is 8.51. The molecule has 1 aliphatic rings. The molecule has 0 amide bonds. The number of anilines is 1. The Bertz CT molecular complexity index is 1040. The number of nitrogens with two attached hydrogens (primary N) is 2. The average Bonchev–Trinajstić information content (AvgIpc) is 2.74. The van der Waals surface area contributed by atoms with Crippen LogP contribution in [0.1, 0.15) is 12.8 Å². The summed E-state index contributed by atoms with van der Waals surface area (Å²) in [6.07, 6.45) is 4.69. The number of rotatable bonds is 4. The van der Waals surface area contributed by atoms with Gasteiger partial charge in [-0.15, -0.1) is 0 Å². The summed E-state index contributed by atoms with van der Waals surface area (Å²) in [4.78, 5) is 8.75. The van der Waals surface area contributed by atoms with E-state index in [4.69, 9.17) is 11.5 Å². The van der Waals surface area contributed by atoms with Crippen LogP contribution in [0.3, 0.4) is 0 Å². The lowest BCUT2D eigenvalue weighted by atomic mass is 10.0. The fraction of sp³-hybridized carbons (Fsp3) is 0.238. The Morgan fingerprint density at radius 2 is 1.93 bits per heavy atom. The molecular formula is C21H22FN5OS. The zero-order valence-electron chi connectivity index (χ0n) is 15.8. The summed E-state index contributed by atoms with van der Waals surface area (Å²) in [5, 5.41) is 0. The van der Waals surface area contributed by atoms with Crippen molar-refractivity contribution < 1.29 is 8.60 Å². The topological polar surface area (TPSA) is 98.1 Å². The standard InChI is InChI=1S/C21H22FN5OS/c22-18-10-14(7-8-17(18)19-11-26-21(24)12-25-19)16-5-1-2-6-20(16)29(28)27-9-3-4-15(23)13-27/h1-2,5-8,10-12,15H,3-4,9,13,23H2,(H2,24,26). The lowest BCUT2D eigenvalue weighted by molar-refractivity contribution is 0.331. The van der Waals surface area contributed by atoms with Gasteiger partial charge in [0.25, 0.3) is 0 Å². The van der Waals surface area contributed by atoms with Gasteiger partial charge in [-0.2, -0.15) is 0 Å². The van der Waals surface area contributed by atoms with Crippen LogP contribution >= 0.6 is 0 Å². The molecule has 0 saturated carbocycles. The number of hydrogen-bond donors (Lipinski definition) is 2. The van der Waals surface area contributed by atoms with Crippen LogP contribution in [-0.2, 0) is 11.0 Å². The van der Waals surface area contributed by atoms with E-state index in [1.165, 1.54) is 18.5 Å². The van der Waals surface area contributed by atoms with Gasteiger partial charge in [0.2, 0.25) is 0 Å². The van der Waals surface area contributed by atoms with Crippen LogP contribution < -0.4 is 11.5 Å². The molecule has 4 N–H and O–H groups in total. The van der Waals surface area contributed by atoms with Gasteiger partial charge < -0.3 is 11.5 Å². The minimum absolute atomic E-state index is 0.0256. The summed E-state index contributed by atoms with van der Waals surface area (Å²) in [6.45, 7) is 1.32. The molecule has 0 radical (unpaired) electrons. The minimum atomic E-state index is -1.36. The highest BCUT2D eigenvalue weighted by Crippen LogP contribution is 2.31. The molecule has 6 nitrogen and oxygen atoms in total. The van der Waals surface area contributed by atoms with Gasteiger partial charge in [0, 0.05) is 24.7 Å². The molecule has 2 heterocycles. The molecule has 1 aromatic heterocycles. The third-order valence-corrected chi connectivity index (χ3v) is 6.49. The van der Waals surface area contributed by atoms with Gasteiger partial charge in [-0.3, -0.25) is 4.98 Å². The maximum absolute atomic E-state index is 14.9. The van der Waals surface area contributed by atoms with Crippen LogP contribution in [0.5, 0.6) is 0 Å². The average molecular weight is 412 g/mol. The highest BCUT2D eigenvalue weighted by molar-refractivity contribution is 7.82. The lowest BCUT2D eigenvalue weighted by Crippen LogP contribution is -2.43. The fourth-order valence-electron chi connectivity index (χ4n) is 3.49. The molecule has 0 aliphatic carbocycles. The van der Waals surface area contributed by atoms with Crippen molar-refractivity contribution >= 4 is 16.8 Å². The van der Waals surface area contributed by atoms with Crippen molar-refractivity contribution in [2.45, 2.75) is 23.8 Å². The van der Waals surface area contributed by atoms with E-state index in [0.29, 0.717) is 28.3 Å². The summed E-state index contributed by atoms with van der Waals surface area (Å²) >= 11 is 0. The predicted molar refractivity (Wildman–Crippen MR) is 112 cm³/mol. The monoisotopic (exact) mass is 411 g/mol. The number of hydrogen-bond acceptors (Lipinski definition) is 5. The van der Waals surface area contributed by atoms with Crippen molar-refractivity contribution in [1.29, 1.82) is 0 Å². The number of aromatic nitrogens is 2. The van der Waals surface area contributed by atoms with Gasteiger partial charge in [0.05, 0.1) is 23.0 Å². The van der Waals surface area contributed by atoms with Gasteiger partial charge in [0.1, 0.15) is 22.6 Å². The largest absolute Gasteiger partial charge is 0.382 e. The van der Waals surface area contributed by atoms with Crippen molar-refractivity contribution in [3.63, 3.8) is 0 Å². The van der Waals surface area contributed by atoms with Crippen molar-refractivity contribution in [3.8, 4) is 22.4 Å². The summed E-state index contributed by atoms with van der Waals surface area (Å²) in [7, 11) is -1.36. The Morgan fingerprint density at radius 1 is 1.10 bits per heavy atom. The van der Waals surface area contributed by atoms with Crippen LogP contribution in [0.2, 0.25) is 0 Å². The van der Waals surface area contributed by atoms with Crippen molar-refractivity contribution in [2.24, 2.45) is 5.73 Å². The molecule has 150 valence electrons. The number of nitrogen functional groups attached to an aromatic ring is 1. The van der Waals surface area contributed by atoms with E-state index in [0.717, 1.165) is 24.9 Å². The molecule has 8 heteroatoms. The maximum Gasteiger partial charge on any atom is 0.141 e. The smallest absolute Gasteiger partial charge is 0.141 e. The Hall–Kier alpha value is -2.68. The highest BCUT2D eigenvalue weighted by atomic mass is 32.2. The summed E-state index contributed by atoms with van der Waals surface area (Å²) in [6, 6.07) is 12.3. The number of nitrogens with zero attached hydrogens (tertiary/aromatic N) is 3. The van der Waals surface area contributed by atoms with Crippen LogP contribution in [-0.4, -0.2) is 37.6 Å². The van der Waals surface area contributed by atoms with Crippen molar-refractivity contribution in [2.75, 3.05) is 18.8 Å². The normalized spacial score (nSPS) is 18.5.